The molecule has 1 heterocycles. The summed E-state index contributed by atoms with van der Waals surface area (Å²) in [6.45, 7) is 6.31. The number of carbonyl (C=O) groups excluding carboxylic acids is 3. The van der Waals surface area contributed by atoms with Crippen LogP contribution in [0.3, 0.4) is 0 Å². The zero-order valence-electron chi connectivity index (χ0n) is 20.0. The first-order valence-electron chi connectivity index (χ1n) is 11.2. The fraction of sp³-hybridized carbons (Fsp3) is 0.320. The molecule has 35 heavy (non-hydrogen) atoms. The molecule has 1 aromatic heterocycles. The topological polar surface area (TPSA) is 155 Å². The highest BCUT2D eigenvalue weighted by molar-refractivity contribution is 6.06. The molecule has 0 spiro atoms. The number of hydrogen-bond donors (Lipinski definition) is 4. The fourth-order valence-electron chi connectivity index (χ4n) is 3.62. The number of para-hydroxylation sites is 1. The Kier molecular flexibility index (Phi) is 7.71. The molecule has 0 fully saturated rings. The summed E-state index contributed by atoms with van der Waals surface area (Å²) >= 11 is 0. The lowest BCUT2D eigenvalue weighted by molar-refractivity contribution is -0.125. The monoisotopic (exact) mass is 475 g/mol. The summed E-state index contributed by atoms with van der Waals surface area (Å²) in [7, 11) is 0. The third-order valence-electron chi connectivity index (χ3n) is 5.42. The second-order valence-electron chi connectivity index (χ2n) is 9.19. The molecule has 0 saturated carbocycles. The predicted molar refractivity (Wildman–Crippen MR) is 131 cm³/mol. The van der Waals surface area contributed by atoms with Crippen LogP contribution in [-0.2, 0) is 11.3 Å². The van der Waals surface area contributed by atoms with Gasteiger partial charge in [-0.3, -0.25) is 14.3 Å². The highest BCUT2D eigenvalue weighted by Crippen LogP contribution is 2.23. The molecule has 5 N–H and O–H groups in total. The second kappa shape index (κ2) is 10.7. The van der Waals surface area contributed by atoms with E-state index in [4.69, 9.17) is 11.0 Å². The van der Waals surface area contributed by atoms with Crippen LogP contribution in [0.25, 0.3) is 10.9 Å². The SMILES string of the molecule is CC(C)(C)C(NC(=O)c1nn(Cc2ccc(C#N)cc2)c2ccccc12)C(=O)NCCNC(N)=O. The van der Waals surface area contributed by atoms with Crippen LogP contribution >= 0.6 is 0 Å². The van der Waals surface area contributed by atoms with E-state index >= 15 is 0 Å². The molecule has 2 aromatic carbocycles. The summed E-state index contributed by atoms with van der Waals surface area (Å²) in [6, 6.07) is 15.1. The first-order valence-corrected chi connectivity index (χ1v) is 11.2. The van der Waals surface area contributed by atoms with Crippen LogP contribution in [0.4, 0.5) is 4.79 Å². The number of primary amides is 1. The average Bonchev–Trinajstić information content (AvgIpc) is 3.18. The lowest BCUT2D eigenvalue weighted by Crippen LogP contribution is -2.54. The van der Waals surface area contributed by atoms with Crippen LogP contribution in [0.2, 0.25) is 0 Å². The van der Waals surface area contributed by atoms with E-state index in [0.717, 1.165) is 11.1 Å². The number of carbonyl (C=O) groups is 3. The highest BCUT2D eigenvalue weighted by Gasteiger charge is 2.34. The quantitative estimate of drug-likeness (QED) is 0.366. The van der Waals surface area contributed by atoms with E-state index in [9.17, 15) is 14.4 Å². The Balaban J connectivity index is 1.82. The summed E-state index contributed by atoms with van der Waals surface area (Å²) in [5.74, 6) is -0.844. The van der Waals surface area contributed by atoms with E-state index in [0.29, 0.717) is 17.5 Å². The van der Waals surface area contributed by atoms with E-state index in [1.165, 1.54) is 0 Å². The Bertz CT molecular complexity index is 1270. The van der Waals surface area contributed by atoms with Crippen LogP contribution in [0.1, 0.15) is 42.4 Å². The van der Waals surface area contributed by atoms with E-state index < -0.39 is 23.4 Å². The van der Waals surface area contributed by atoms with E-state index in [1.54, 1.807) is 16.8 Å². The molecule has 1 unspecified atom stereocenters. The average molecular weight is 476 g/mol. The number of nitrogens with zero attached hydrogens (tertiary/aromatic N) is 3. The van der Waals surface area contributed by atoms with Gasteiger partial charge in [0.05, 0.1) is 23.7 Å². The maximum Gasteiger partial charge on any atom is 0.312 e. The van der Waals surface area contributed by atoms with Crippen molar-refractivity contribution in [2.24, 2.45) is 11.1 Å². The van der Waals surface area contributed by atoms with Gasteiger partial charge in [-0.2, -0.15) is 10.4 Å². The van der Waals surface area contributed by atoms with Gasteiger partial charge in [0.1, 0.15) is 6.04 Å². The van der Waals surface area contributed by atoms with Crippen molar-refractivity contribution in [2.45, 2.75) is 33.4 Å². The second-order valence-corrected chi connectivity index (χ2v) is 9.19. The van der Waals surface area contributed by atoms with Crippen LogP contribution in [0, 0.1) is 16.7 Å². The first kappa shape index (κ1) is 25.2. The van der Waals surface area contributed by atoms with Gasteiger partial charge in [0.2, 0.25) is 5.91 Å². The van der Waals surface area contributed by atoms with Crippen molar-refractivity contribution in [1.29, 1.82) is 5.26 Å². The van der Waals surface area contributed by atoms with Crippen LogP contribution in [-0.4, -0.2) is 46.8 Å². The minimum atomic E-state index is -0.842. The van der Waals surface area contributed by atoms with Crippen molar-refractivity contribution in [3.63, 3.8) is 0 Å². The Morgan fingerprint density at radius 1 is 1.06 bits per heavy atom. The first-order chi connectivity index (χ1) is 16.6. The number of urea groups is 1. The Morgan fingerprint density at radius 3 is 2.34 bits per heavy atom. The zero-order chi connectivity index (χ0) is 25.6. The van der Waals surface area contributed by atoms with Gasteiger partial charge in [0.15, 0.2) is 5.69 Å². The van der Waals surface area contributed by atoms with Gasteiger partial charge in [-0.15, -0.1) is 0 Å². The van der Waals surface area contributed by atoms with Gasteiger partial charge in [-0.25, -0.2) is 4.79 Å². The number of hydrogen-bond acceptors (Lipinski definition) is 5. The van der Waals surface area contributed by atoms with E-state index in [1.807, 2.05) is 57.2 Å². The van der Waals surface area contributed by atoms with Crippen LogP contribution < -0.4 is 21.7 Å². The largest absolute Gasteiger partial charge is 0.353 e. The number of rotatable bonds is 8. The smallest absolute Gasteiger partial charge is 0.312 e. The third-order valence-corrected chi connectivity index (χ3v) is 5.42. The number of fused-ring (bicyclic) bond motifs is 1. The molecular formula is C25H29N7O3. The van der Waals surface area contributed by atoms with E-state index in [2.05, 4.69) is 27.1 Å². The molecule has 0 aliphatic carbocycles. The minimum Gasteiger partial charge on any atom is -0.353 e. The summed E-state index contributed by atoms with van der Waals surface area (Å²) in [6.07, 6.45) is 0. The number of aromatic nitrogens is 2. The molecule has 3 rings (SSSR count). The highest BCUT2D eigenvalue weighted by atomic mass is 16.2. The molecule has 0 aliphatic rings. The molecule has 1 atom stereocenters. The minimum absolute atomic E-state index is 0.173. The number of nitriles is 1. The summed E-state index contributed by atoms with van der Waals surface area (Å²) < 4.78 is 1.73. The molecular weight excluding hydrogens is 446 g/mol. The molecule has 10 nitrogen and oxygen atoms in total. The molecule has 0 aliphatic heterocycles. The summed E-state index contributed by atoms with van der Waals surface area (Å²) in [5, 5.41) is 22.2. The van der Waals surface area contributed by atoms with Crippen molar-refractivity contribution < 1.29 is 14.4 Å². The normalized spacial score (nSPS) is 11.9. The van der Waals surface area contributed by atoms with Crippen LogP contribution in [0.15, 0.2) is 48.5 Å². The van der Waals surface area contributed by atoms with Crippen LogP contribution in [0.5, 0.6) is 0 Å². The fourth-order valence-corrected chi connectivity index (χ4v) is 3.62. The zero-order valence-corrected chi connectivity index (χ0v) is 20.0. The number of nitrogens with two attached hydrogens (primary N) is 1. The van der Waals surface area contributed by atoms with Gasteiger partial charge in [-0.1, -0.05) is 51.1 Å². The maximum atomic E-state index is 13.3. The van der Waals surface area contributed by atoms with Crippen molar-refractivity contribution in [3.05, 3.63) is 65.4 Å². The summed E-state index contributed by atoms with van der Waals surface area (Å²) in [4.78, 5) is 37.0. The Hall–Kier alpha value is -4.39. The Labute approximate surface area is 203 Å². The lowest BCUT2D eigenvalue weighted by Gasteiger charge is -2.30. The number of amides is 4. The van der Waals surface area contributed by atoms with Gasteiger partial charge in [0, 0.05) is 18.5 Å². The standard InChI is InChI=1S/C25H29N7O3/c1-25(2,3)21(23(34)28-12-13-29-24(27)35)30-22(33)20-18-6-4-5-7-19(18)32(31-20)15-17-10-8-16(14-26)9-11-17/h4-11,21H,12-13,15H2,1-3H3,(H,28,34)(H,30,33)(H3,27,29,35). The van der Waals surface area contributed by atoms with Crippen molar-refractivity contribution in [2.75, 3.05) is 13.1 Å². The van der Waals surface area contributed by atoms with Gasteiger partial charge < -0.3 is 21.7 Å². The molecule has 4 amide bonds. The van der Waals surface area contributed by atoms with Crippen molar-refractivity contribution >= 4 is 28.7 Å². The Morgan fingerprint density at radius 2 is 1.71 bits per heavy atom. The molecule has 182 valence electrons. The maximum absolute atomic E-state index is 13.3. The van der Waals surface area contributed by atoms with Crippen molar-refractivity contribution in [3.8, 4) is 6.07 Å². The summed E-state index contributed by atoms with van der Waals surface area (Å²) in [5.41, 5.74) is 6.94. The van der Waals surface area contributed by atoms with Crippen molar-refractivity contribution in [1.82, 2.24) is 25.7 Å². The molecule has 10 heteroatoms. The molecule has 0 saturated heterocycles. The lowest BCUT2D eigenvalue weighted by atomic mass is 9.86. The number of benzene rings is 2. The number of nitrogens with one attached hydrogen (secondary N) is 3. The third kappa shape index (κ3) is 6.35. The molecule has 0 radical (unpaired) electrons. The van der Waals surface area contributed by atoms with Gasteiger partial charge in [0.25, 0.3) is 5.91 Å². The molecule has 0 bridgehead atoms. The predicted octanol–water partition coefficient (Wildman–Crippen LogP) is 1.89. The van der Waals surface area contributed by atoms with Gasteiger partial charge >= 0.3 is 6.03 Å². The van der Waals surface area contributed by atoms with E-state index in [-0.39, 0.29) is 24.7 Å². The van der Waals surface area contributed by atoms with Gasteiger partial charge in [-0.05, 0) is 29.2 Å². The molecule has 3 aromatic rings.